The molecule has 0 unspecified atom stereocenters. The number of morpholine rings is 1. The number of hydrogen-bond acceptors (Lipinski definition) is 11. The molecule has 4 N–H and O–H groups in total. The highest BCUT2D eigenvalue weighted by Crippen LogP contribution is 2.33. The van der Waals surface area contributed by atoms with Crippen LogP contribution in [-0.2, 0) is 4.74 Å². The summed E-state index contributed by atoms with van der Waals surface area (Å²) < 4.78 is 18.4. The molecular weight excluding hydrogens is 548 g/mol. The average molecular weight is 587 g/mol. The highest BCUT2D eigenvalue weighted by Gasteiger charge is 2.20. The molecule has 0 amide bonds. The van der Waals surface area contributed by atoms with Crippen molar-refractivity contribution in [3.05, 3.63) is 42.4 Å². The van der Waals surface area contributed by atoms with Crippen LogP contribution in [0.15, 0.2) is 41.8 Å². The van der Waals surface area contributed by atoms with Gasteiger partial charge in [0.05, 0.1) is 43.9 Å². The van der Waals surface area contributed by atoms with E-state index in [0.717, 1.165) is 50.3 Å². The summed E-state index contributed by atoms with van der Waals surface area (Å²) in [6.45, 7) is 5.97. The van der Waals surface area contributed by atoms with Gasteiger partial charge in [-0.3, -0.25) is 9.67 Å². The average Bonchev–Trinajstić information content (AvgIpc) is 3.47. The normalized spacial score (nSPS) is 15.9. The van der Waals surface area contributed by atoms with Crippen LogP contribution < -0.4 is 25.8 Å². The Bertz CT molecular complexity index is 1390. The summed E-state index contributed by atoms with van der Waals surface area (Å²) in [5.41, 5.74) is 7.90. The van der Waals surface area contributed by atoms with E-state index in [1.165, 1.54) is 25.6 Å². The molecule has 1 atom stereocenters. The summed E-state index contributed by atoms with van der Waals surface area (Å²) >= 11 is 0. The summed E-state index contributed by atoms with van der Waals surface area (Å²) in [6, 6.07) is 9.76. The van der Waals surface area contributed by atoms with Crippen LogP contribution in [0.25, 0.3) is 11.1 Å². The Morgan fingerprint density at radius 1 is 1.19 bits per heavy atom. The van der Waals surface area contributed by atoms with Crippen molar-refractivity contribution in [3.63, 3.8) is 0 Å². The number of nitrogens with zero attached hydrogens (tertiary/aromatic N) is 7. The number of benzene rings is 1. The molecule has 0 spiro atoms. The molecule has 2 aliphatic rings. The molecule has 1 aliphatic heterocycles. The number of rotatable bonds is 10. The SMILES string of the molecule is C1COCCN1.C[C@@H](CN=CN)Oc1cc(-c2cnc(Nc3cn(C4CCCCC4)nc3OCC#N)nc2)ccc1C#N. The van der Waals surface area contributed by atoms with Gasteiger partial charge in [-0.25, -0.2) is 9.97 Å². The molecule has 13 nitrogen and oxygen atoms in total. The molecule has 3 heterocycles. The van der Waals surface area contributed by atoms with Crippen molar-refractivity contribution in [2.45, 2.75) is 51.2 Å². The molecule has 1 saturated heterocycles. The van der Waals surface area contributed by atoms with E-state index in [0.29, 0.717) is 41.4 Å². The Morgan fingerprint density at radius 2 is 1.95 bits per heavy atom. The second-order valence-electron chi connectivity index (χ2n) is 10.1. The van der Waals surface area contributed by atoms with Crippen molar-refractivity contribution in [3.8, 4) is 34.9 Å². The van der Waals surface area contributed by atoms with E-state index in [4.69, 9.17) is 25.2 Å². The lowest BCUT2D eigenvalue weighted by atomic mass is 9.96. The lowest BCUT2D eigenvalue weighted by molar-refractivity contribution is 0.109. The van der Waals surface area contributed by atoms with Crippen LogP contribution in [0.3, 0.4) is 0 Å². The Labute approximate surface area is 251 Å². The number of anilines is 2. The summed E-state index contributed by atoms with van der Waals surface area (Å²) in [5.74, 6) is 1.17. The molecule has 43 heavy (non-hydrogen) atoms. The third-order valence-corrected chi connectivity index (χ3v) is 6.90. The van der Waals surface area contributed by atoms with Crippen molar-refractivity contribution >= 4 is 18.0 Å². The Morgan fingerprint density at radius 3 is 2.58 bits per heavy atom. The van der Waals surface area contributed by atoms with E-state index in [1.807, 2.05) is 29.9 Å². The van der Waals surface area contributed by atoms with Crippen LogP contribution in [0.1, 0.15) is 50.6 Å². The molecule has 0 bridgehead atoms. The van der Waals surface area contributed by atoms with Crippen molar-refractivity contribution in [2.75, 3.05) is 44.8 Å². The third kappa shape index (κ3) is 9.39. The highest BCUT2D eigenvalue weighted by atomic mass is 16.5. The van der Waals surface area contributed by atoms with Gasteiger partial charge in [-0.05, 0) is 37.5 Å². The predicted molar refractivity (Wildman–Crippen MR) is 162 cm³/mol. The van der Waals surface area contributed by atoms with Gasteiger partial charge in [0, 0.05) is 31.0 Å². The monoisotopic (exact) mass is 586 g/mol. The molecule has 0 radical (unpaired) electrons. The molecule has 1 aliphatic carbocycles. The fourth-order valence-electron chi connectivity index (χ4n) is 4.73. The Kier molecular flexibility index (Phi) is 12.1. The lowest BCUT2D eigenvalue weighted by Crippen LogP contribution is -2.30. The molecular formula is C30H38N10O3. The van der Waals surface area contributed by atoms with E-state index < -0.39 is 0 Å². The summed E-state index contributed by atoms with van der Waals surface area (Å²) in [7, 11) is 0. The van der Waals surface area contributed by atoms with Gasteiger partial charge < -0.3 is 30.6 Å². The topological polar surface area (TPSA) is 181 Å². The van der Waals surface area contributed by atoms with E-state index in [9.17, 15) is 5.26 Å². The fourth-order valence-corrected chi connectivity index (χ4v) is 4.73. The fraction of sp³-hybridized carbons (Fsp3) is 0.467. The third-order valence-electron chi connectivity index (χ3n) is 6.90. The largest absolute Gasteiger partial charge is 0.487 e. The number of aromatic nitrogens is 4. The number of nitrogens with two attached hydrogens (primary N) is 1. The Hall–Kier alpha value is -4.72. The van der Waals surface area contributed by atoms with Gasteiger partial charge in [0.2, 0.25) is 5.95 Å². The van der Waals surface area contributed by atoms with Crippen LogP contribution in [-0.4, -0.2) is 71.6 Å². The molecule has 2 aromatic heterocycles. The van der Waals surface area contributed by atoms with Gasteiger partial charge in [-0.1, -0.05) is 25.3 Å². The second kappa shape index (κ2) is 16.7. The van der Waals surface area contributed by atoms with Crippen LogP contribution in [0, 0.1) is 22.7 Å². The highest BCUT2D eigenvalue weighted by molar-refractivity contribution is 5.67. The van der Waals surface area contributed by atoms with Crippen LogP contribution >= 0.6 is 0 Å². The quantitative estimate of drug-likeness (QED) is 0.233. The number of nitrogens with one attached hydrogen (secondary N) is 2. The minimum Gasteiger partial charge on any atom is -0.487 e. The van der Waals surface area contributed by atoms with E-state index >= 15 is 0 Å². The summed E-state index contributed by atoms with van der Waals surface area (Å²) in [5, 5.41) is 29.3. The van der Waals surface area contributed by atoms with E-state index in [1.54, 1.807) is 24.5 Å². The first-order valence-corrected chi connectivity index (χ1v) is 14.5. The zero-order chi connectivity index (χ0) is 30.3. The van der Waals surface area contributed by atoms with Crippen molar-refractivity contribution in [1.82, 2.24) is 25.1 Å². The van der Waals surface area contributed by atoms with Gasteiger partial charge >= 0.3 is 0 Å². The molecule has 5 rings (SSSR count). The zero-order valence-corrected chi connectivity index (χ0v) is 24.4. The van der Waals surface area contributed by atoms with Gasteiger partial charge in [0.1, 0.15) is 29.7 Å². The summed E-state index contributed by atoms with van der Waals surface area (Å²) in [6.07, 6.45) is 12.0. The first kappa shape index (κ1) is 31.2. The van der Waals surface area contributed by atoms with Gasteiger partial charge in [-0.2, -0.15) is 10.5 Å². The molecule has 226 valence electrons. The smallest absolute Gasteiger partial charge is 0.257 e. The van der Waals surface area contributed by atoms with Crippen molar-refractivity contribution < 1.29 is 14.2 Å². The number of nitriles is 2. The zero-order valence-electron chi connectivity index (χ0n) is 24.4. The molecule has 3 aromatic rings. The van der Waals surface area contributed by atoms with Gasteiger partial charge in [0.25, 0.3) is 5.88 Å². The lowest BCUT2D eigenvalue weighted by Gasteiger charge is -2.21. The number of aliphatic imine (C=N–C) groups is 1. The molecule has 1 saturated carbocycles. The first-order chi connectivity index (χ1) is 21.1. The number of hydrogen-bond donors (Lipinski definition) is 3. The summed E-state index contributed by atoms with van der Waals surface area (Å²) in [4.78, 5) is 12.9. The number of ether oxygens (including phenoxy) is 3. The predicted octanol–water partition coefficient (Wildman–Crippen LogP) is 3.72. The second-order valence-corrected chi connectivity index (χ2v) is 10.1. The van der Waals surface area contributed by atoms with Gasteiger partial charge in [0.15, 0.2) is 6.61 Å². The van der Waals surface area contributed by atoms with Crippen LogP contribution in [0.4, 0.5) is 11.6 Å². The maximum Gasteiger partial charge on any atom is 0.257 e. The van der Waals surface area contributed by atoms with Crippen LogP contribution in [0.2, 0.25) is 0 Å². The maximum absolute atomic E-state index is 9.46. The molecule has 2 fully saturated rings. The van der Waals surface area contributed by atoms with E-state index in [-0.39, 0.29) is 12.7 Å². The minimum atomic E-state index is -0.253. The maximum atomic E-state index is 9.46. The molecule has 13 heteroatoms. The van der Waals surface area contributed by atoms with Crippen LogP contribution in [0.5, 0.6) is 11.6 Å². The minimum absolute atomic E-state index is 0.101. The standard InChI is InChI=1S/C26H29N9O2.C4H9NO/c1-18(13-30-17-29)37-24-11-19(7-8-20(24)12-28)21-14-31-26(32-15-21)33-23-16-35(22-5-3-2-4-6-22)34-25(23)36-10-9-27;1-3-6-4-2-5-1/h7-8,11,14-18,22H,2-6,10,13H2,1H3,(H2,29,30)(H,31,32,33);5H,1-4H2/t18-;/m0./s1. The van der Waals surface area contributed by atoms with E-state index in [2.05, 4.69) is 36.8 Å². The first-order valence-electron chi connectivity index (χ1n) is 14.5. The Balaban J connectivity index is 0.000000628. The van der Waals surface area contributed by atoms with Gasteiger partial charge in [-0.15, -0.1) is 5.10 Å². The van der Waals surface area contributed by atoms with Crippen molar-refractivity contribution in [1.29, 1.82) is 10.5 Å². The van der Waals surface area contributed by atoms with Crippen molar-refractivity contribution in [2.24, 2.45) is 10.7 Å². The molecule has 1 aromatic carbocycles.